The maximum absolute atomic E-state index is 10.8. The molecule has 0 aromatic heterocycles. The van der Waals surface area contributed by atoms with Gasteiger partial charge in [0.15, 0.2) is 0 Å². The van der Waals surface area contributed by atoms with E-state index in [1.54, 1.807) is 0 Å². The highest BCUT2D eigenvalue weighted by Crippen LogP contribution is 2.28. The average Bonchev–Trinajstić information content (AvgIpc) is 2.65. The zero-order valence-corrected chi connectivity index (χ0v) is 12.5. The van der Waals surface area contributed by atoms with E-state index in [0.29, 0.717) is 6.42 Å². The van der Waals surface area contributed by atoms with Crippen LogP contribution in [-0.2, 0) is 9.47 Å². The van der Waals surface area contributed by atoms with E-state index in [-0.39, 0.29) is 6.42 Å². The molecule has 2 unspecified atom stereocenters. The molecule has 0 radical (unpaired) electrons. The van der Waals surface area contributed by atoms with Gasteiger partial charge in [0.2, 0.25) is 0 Å². The number of ether oxygens (including phenoxy) is 2. The SMILES string of the molecule is CCCCCCCCCCCCC1(O)OC(=O)OC1O. The molecule has 0 aromatic rings. The van der Waals surface area contributed by atoms with E-state index in [0.717, 1.165) is 12.8 Å². The maximum Gasteiger partial charge on any atom is 0.513 e. The first-order valence-electron chi connectivity index (χ1n) is 7.88. The Kier molecular flexibility index (Phi) is 7.92. The molecule has 0 aliphatic carbocycles. The fraction of sp³-hybridized carbons (Fsp3) is 0.933. The van der Waals surface area contributed by atoms with Crippen molar-refractivity contribution < 1.29 is 24.5 Å². The summed E-state index contributed by atoms with van der Waals surface area (Å²) in [6.45, 7) is 2.22. The van der Waals surface area contributed by atoms with Crippen molar-refractivity contribution in [2.45, 2.75) is 89.6 Å². The number of carbonyl (C=O) groups excluding carboxylic acids is 1. The standard InChI is InChI=1S/C15H28O5/c1-2-3-4-5-6-7-8-9-10-11-12-15(18)13(16)19-14(17)20-15/h13,16,18H,2-12H2,1H3. The second-order valence-corrected chi connectivity index (χ2v) is 5.60. The number of carbonyl (C=O) groups is 1. The molecule has 5 nitrogen and oxygen atoms in total. The molecule has 1 fully saturated rings. The van der Waals surface area contributed by atoms with Crippen molar-refractivity contribution in [2.75, 3.05) is 0 Å². The Hall–Kier alpha value is -0.810. The monoisotopic (exact) mass is 288 g/mol. The molecule has 1 heterocycles. The van der Waals surface area contributed by atoms with Crippen LogP contribution in [0.3, 0.4) is 0 Å². The van der Waals surface area contributed by atoms with Crippen LogP contribution in [0.5, 0.6) is 0 Å². The number of hydrogen-bond donors (Lipinski definition) is 2. The molecule has 1 aliphatic rings. The molecule has 0 bridgehead atoms. The third kappa shape index (κ3) is 6.09. The first-order valence-corrected chi connectivity index (χ1v) is 7.88. The Morgan fingerprint density at radius 1 is 1.00 bits per heavy atom. The summed E-state index contributed by atoms with van der Waals surface area (Å²) >= 11 is 0. The fourth-order valence-electron chi connectivity index (χ4n) is 2.44. The van der Waals surface area contributed by atoms with E-state index in [2.05, 4.69) is 16.4 Å². The second-order valence-electron chi connectivity index (χ2n) is 5.60. The lowest BCUT2D eigenvalue weighted by Gasteiger charge is -2.20. The zero-order valence-electron chi connectivity index (χ0n) is 12.5. The molecular formula is C15H28O5. The van der Waals surface area contributed by atoms with Crippen molar-refractivity contribution in [3.63, 3.8) is 0 Å². The zero-order chi connectivity index (χ0) is 14.8. The molecule has 2 N–H and O–H groups in total. The summed E-state index contributed by atoms with van der Waals surface area (Å²) in [6.07, 6.45) is 9.46. The van der Waals surface area contributed by atoms with Crippen molar-refractivity contribution in [2.24, 2.45) is 0 Å². The van der Waals surface area contributed by atoms with Gasteiger partial charge in [0.25, 0.3) is 12.1 Å². The predicted molar refractivity (Wildman–Crippen MR) is 75.0 cm³/mol. The van der Waals surface area contributed by atoms with Gasteiger partial charge in [-0.05, 0) is 6.42 Å². The fourth-order valence-corrected chi connectivity index (χ4v) is 2.44. The minimum Gasteiger partial charge on any atom is -0.397 e. The quantitative estimate of drug-likeness (QED) is 0.450. The van der Waals surface area contributed by atoms with Crippen molar-refractivity contribution in [3.8, 4) is 0 Å². The molecular weight excluding hydrogens is 260 g/mol. The lowest BCUT2D eigenvalue weighted by Crippen LogP contribution is -2.39. The Bertz CT molecular complexity index is 281. The van der Waals surface area contributed by atoms with Gasteiger partial charge in [-0.2, -0.15) is 0 Å². The van der Waals surface area contributed by atoms with Crippen LogP contribution >= 0.6 is 0 Å². The minimum absolute atomic E-state index is 0.219. The molecule has 118 valence electrons. The number of aliphatic hydroxyl groups excluding tert-OH is 1. The van der Waals surface area contributed by atoms with Crippen molar-refractivity contribution in [1.29, 1.82) is 0 Å². The lowest BCUT2D eigenvalue weighted by molar-refractivity contribution is -0.227. The van der Waals surface area contributed by atoms with Gasteiger partial charge in [0.1, 0.15) is 0 Å². The maximum atomic E-state index is 10.8. The van der Waals surface area contributed by atoms with Gasteiger partial charge in [0.05, 0.1) is 0 Å². The van der Waals surface area contributed by atoms with E-state index in [1.165, 1.54) is 44.9 Å². The highest BCUT2D eigenvalue weighted by molar-refractivity contribution is 5.62. The van der Waals surface area contributed by atoms with Crippen molar-refractivity contribution in [1.82, 2.24) is 0 Å². The van der Waals surface area contributed by atoms with Gasteiger partial charge >= 0.3 is 6.16 Å². The molecule has 5 heteroatoms. The van der Waals surface area contributed by atoms with Crippen LogP contribution in [0, 0.1) is 0 Å². The van der Waals surface area contributed by atoms with Crippen LogP contribution in [0.4, 0.5) is 4.79 Å². The van der Waals surface area contributed by atoms with Crippen LogP contribution in [0.15, 0.2) is 0 Å². The summed E-state index contributed by atoms with van der Waals surface area (Å²) in [5, 5.41) is 19.2. The Morgan fingerprint density at radius 2 is 1.50 bits per heavy atom. The summed E-state index contributed by atoms with van der Waals surface area (Å²) in [4.78, 5) is 10.8. The number of rotatable bonds is 11. The molecule has 0 aromatic carbocycles. The van der Waals surface area contributed by atoms with Gasteiger partial charge in [-0.1, -0.05) is 64.7 Å². The van der Waals surface area contributed by atoms with Gasteiger partial charge in [-0.25, -0.2) is 4.79 Å². The third-order valence-electron chi connectivity index (χ3n) is 3.74. The van der Waals surface area contributed by atoms with Gasteiger partial charge in [-0.3, -0.25) is 0 Å². The molecule has 0 saturated carbocycles. The number of unbranched alkanes of at least 4 members (excludes halogenated alkanes) is 9. The molecule has 1 saturated heterocycles. The van der Waals surface area contributed by atoms with E-state index >= 15 is 0 Å². The summed E-state index contributed by atoms with van der Waals surface area (Å²) in [6, 6.07) is 0. The molecule has 1 rings (SSSR count). The molecule has 20 heavy (non-hydrogen) atoms. The Balaban J connectivity index is 1.93. The lowest BCUT2D eigenvalue weighted by atomic mass is 10.0. The van der Waals surface area contributed by atoms with E-state index < -0.39 is 18.2 Å². The number of hydrogen-bond acceptors (Lipinski definition) is 5. The average molecular weight is 288 g/mol. The first kappa shape index (κ1) is 17.2. The first-order chi connectivity index (χ1) is 9.58. The molecule has 2 atom stereocenters. The summed E-state index contributed by atoms with van der Waals surface area (Å²) in [7, 11) is 0. The van der Waals surface area contributed by atoms with Crippen molar-refractivity contribution >= 4 is 6.16 Å². The molecule has 0 amide bonds. The smallest absolute Gasteiger partial charge is 0.397 e. The molecule has 1 aliphatic heterocycles. The predicted octanol–water partition coefficient (Wildman–Crippen LogP) is 3.47. The third-order valence-corrected chi connectivity index (χ3v) is 3.74. The number of cyclic esters (lactones) is 2. The summed E-state index contributed by atoms with van der Waals surface area (Å²) < 4.78 is 8.95. The van der Waals surface area contributed by atoms with Crippen LogP contribution in [0.1, 0.15) is 77.6 Å². The Labute approximate surface area is 121 Å². The summed E-state index contributed by atoms with van der Waals surface area (Å²) in [5.74, 6) is -1.85. The van der Waals surface area contributed by atoms with Crippen LogP contribution in [0.25, 0.3) is 0 Å². The molecule has 0 spiro atoms. The topological polar surface area (TPSA) is 76.0 Å². The minimum atomic E-state index is -1.85. The largest absolute Gasteiger partial charge is 0.513 e. The number of aliphatic hydroxyl groups is 2. The highest BCUT2D eigenvalue weighted by atomic mass is 16.9. The van der Waals surface area contributed by atoms with E-state index in [1.807, 2.05) is 0 Å². The Morgan fingerprint density at radius 3 is 1.95 bits per heavy atom. The van der Waals surface area contributed by atoms with Gasteiger partial charge < -0.3 is 19.7 Å². The van der Waals surface area contributed by atoms with E-state index in [4.69, 9.17) is 0 Å². The summed E-state index contributed by atoms with van der Waals surface area (Å²) in [5.41, 5.74) is 0. The van der Waals surface area contributed by atoms with Crippen LogP contribution in [0.2, 0.25) is 0 Å². The van der Waals surface area contributed by atoms with Crippen LogP contribution in [-0.4, -0.2) is 28.4 Å². The van der Waals surface area contributed by atoms with Crippen molar-refractivity contribution in [3.05, 3.63) is 0 Å². The van der Waals surface area contributed by atoms with Gasteiger partial charge in [0, 0.05) is 6.42 Å². The normalized spacial score (nSPS) is 25.6. The van der Waals surface area contributed by atoms with E-state index in [9.17, 15) is 15.0 Å². The highest BCUT2D eigenvalue weighted by Gasteiger charge is 2.49. The second kappa shape index (κ2) is 9.19. The van der Waals surface area contributed by atoms with Gasteiger partial charge in [-0.15, -0.1) is 0 Å². The van der Waals surface area contributed by atoms with Crippen LogP contribution < -0.4 is 0 Å².